The average Bonchev–Trinajstić information content (AvgIpc) is 2.61. The second kappa shape index (κ2) is 6.61. The summed E-state index contributed by atoms with van der Waals surface area (Å²) in [5.74, 6) is 2.64. The van der Waals surface area contributed by atoms with Gasteiger partial charge in [0.05, 0.1) is 6.54 Å². The van der Waals surface area contributed by atoms with E-state index < -0.39 is 0 Å². The summed E-state index contributed by atoms with van der Waals surface area (Å²) in [6.45, 7) is 7.67. The van der Waals surface area contributed by atoms with Crippen LogP contribution >= 0.6 is 11.8 Å². The van der Waals surface area contributed by atoms with Crippen molar-refractivity contribution in [2.24, 2.45) is 0 Å². The first-order valence-corrected chi connectivity index (χ1v) is 7.73. The number of carbonyl (C=O) groups is 1. The molecule has 2 aliphatic rings. The third-order valence-corrected chi connectivity index (χ3v) is 4.73. The van der Waals surface area contributed by atoms with Gasteiger partial charge in [-0.15, -0.1) is 0 Å². The van der Waals surface area contributed by atoms with E-state index in [1.807, 2.05) is 16.7 Å². The SMILES string of the molecule is CC1CSCCN1CC(=O)N1CCCNCC1. The molecule has 4 nitrogen and oxygen atoms in total. The zero-order chi connectivity index (χ0) is 12.1. The molecule has 0 aromatic rings. The van der Waals surface area contributed by atoms with Crippen molar-refractivity contribution in [1.82, 2.24) is 15.1 Å². The second-order valence-electron chi connectivity index (χ2n) is 4.88. The lowest BCUT2D eigenvalue weighted by atomic mass is 10.3. The first kappa shape index (κ1) is 13.2. The van der Waals surface area contributed by atoms with Gasteiger partial charge in [-0.05, 0) is 19.9 Å². The third kappa shape index (κ3) is 3.86. The molecule has 1 N–H and O–H groups in total. The maximum absolute atomic E-state index is 12.2. The predicted octanol–water partition coefficient (Wildman–Crippen LogP) is 0.246. The molecule has 0 aromatic carbocycles. The van der Waals surface area contributed by atoms with Crippen molar-refractivity contribution in [3.05, 3.63) is 0 Å². The molecule has 17 heavy (non-hydrogen) atoms. The Kier molecular flexibility index (Phi) is 5.13. The van der Waals surface area contributed by atoms with Crippen LogP contribution in [0.4, 0.5) is 0 Å². The topological polar surface area (TPSA) is 35.6 Å². The smallest absolute Gasteiger partial charge is 0.236 e. The van der Waals surface area contributed by atoms with Crippen LogP contribution in [0.3, 0.4) is 0 Å². The predicted molar refractivity (Wildman–Crippen MR) is 72.4 cm³/mol. The molecule has 0 aliphatic carbocycles. The number of hydrogen-bond donors (Lipinski definition) is 1. The first-order chi connectivity index (χ1) is 8.27. The Morgan fingerprint density at radius 3 is 3.06 bits per heavy atom. The quantitative estimate of drug-likeness (QED) is 0.769. The zero-order valence-corrected chi connectivity index (χ0v) is 11.5. The van der Waals surface area contributed by atoms with E-state index in [0.29, 0.717) is 18.5 Å². The fourth-order valence-corrected chi connectivity index (χ4v) is 3.45. The summed E-state index contributed by atoms with van der Waals surface area (Å²) in [5.41, 5.74) is 0. The van der Waals surface area contributed by atoms with Crippen molar-refractivity contribution < 1.29 is 4.79 Å². The molecule has 2 rings (SSSR count). The molecular weight excluding hydrogens is 234 g/mol. The molecule has 2 heterocycles. The van der Waals surface area contributed by atoms with Gasteiger partial charge in [-0.1, -0.05) is 0 Å². The van der Waals surface area contributed by atoms with Crippen LogP contribution in [0.5, 0.6) is 0 Å². The van der Waals surface area contributed by atoms with E-state index >= 15 is 0 Å². The van der Waals surface area contributed by atoms with Gasteiger partial charge in [0.1, 0.15) is 0 Å². The lowest BCUT2D eigenvalue weighted by Crippen LogP contribution is -2.48. The maximum atomic E-state index is 12.2. The van der Waals surface area contributed by atoms with E-state index in [9.17, 15) is 4.79 Å². The molecule has 5 heteroatoms. The standard InChI is InChI=1S/C12H23N3OS/c1-11-10-17-8-7-15(11)9-12(16)14-5-2-3-13-4-6-14/h11,13H,2-10H2,1H3. The van der Waals surface area contributed by atoms with E-state index in [4.69, 9.17) is 0 Å². The van der Waals surface area contributed by atoms with Crippen LogP contribution in [0.15, 0.2) is 0 Å². The number of rotatable bonds is 2. The molecule has 1 atom stereocenters. The van der Waals surface area contributed by atoms with E-state index in [0.717, 1.165) is 44.9 Å². The van der Waals surface area contributed by atoms with E-state index in [-0.39, 0.29) is 0 Å². The minimum absolute atomic E-state index is 0.312. The molecule has 0 saturated carbocycles. The highest BCUT2D eigenvalue weighted by Crippen LogP contribution is 2.15. The average molecular weight is 257 g/mol. The minimum Gasteiger partial charge on any atom is -0.340 e. The van der Waals surface area contributed by atoms with E-state index in [1.165, 1.54) is 5.75 Å². The van der Waals surface area contributed by atoms with Crippen molar-refractivity contribution in [3.63, 3.8) is 0 Å². The Labute approximate surface area is 108 Å². The van der Waals surface area contributed by atoms with Crippen LogP contribution in [0.1, 0.15) is 13.3 Å². The van der Waals surface area contributed by atoms with Crippen molar-refractivity contribution >= 4 is 17.7 Å². The van der Waals surface area contributed by atoms with Crippen LogP contribution in [0.2, 0.25) is 0 Å². The van der Waals surface area contributed by atoms with Gasteiger partial charge in [0.25, 0.3) is 0 Å². The highest BCUT2D eigenvalue weighted by Gasteiger charge is 2.23. The Balaban J connectivity index is 1.82. The van der Waals surface area contributed by atoms with Gasteiger partial charge in [0, 0.05) is 43.7 Å². The third-order valence-electron chi connectivity index (χ3n) is 3.54. The highest BCUT2D eigenvalue weighted by molar-refractivity contribution is 7.99. The summed E-state index contributed by atoms with van der Waals surface area (Å²) >= 11 is 2.00. The molecule has 2 saturated heterocycles. The summed E-state index contributed by atoms with van der Waals surface area (Å²) in [5, 5.41) is 3.33. The summed E-state index contributed by atoms with van der Waals surface area (Å²) in [7, 11) is 0. The fraction of sp³-hybridized carbons (Fsp3) is 0.917. The Bertz CT molecular complexity index is 254. The van der Waals surface area contributed by atoms with Crippen molar-refractivity contribution in [2.75, 3.05) is 50.8 Å². The fourth-order valence-electron chi connectivity index (χ4n) is 2.37. The molecule has 0 spiro atoms. The Morgan fingerprint density at radius 2 is 2.24 bits per heavy atom. The number of nitrogens with one attached hydrogen (secondary N) is 1. The highest BCUT2D eigenvalue weighted by atomic mass is 32.2. The molecule has 2 fully saturated rings. The maximum Gasteiger partial charge on any atom is 0.236 e. The monoisotopic (exact) mass is 257 g/mol. The lowest BCUT2D eigenvalue weighted by molar-refractivity contribution is -0.132. The zero-order valence-electron chi connectivity index (χ0n) is 10.7. The van der Waals surface area contributed by atoms with Crippen molar-refractivity contribution in [2.45, 2.75) is 19.4 Å². The van der Waals surface area contributed by atoms with Crippen molar-refractivity contribution in [1.29, 1.82) is 0 Å². The molecule has 1 amide bonds. The number of amides is 1. The van der Waals surface area contributed by atoms with Gasteiger partial charge >= 0.3 is 0 Å². The molecule has 0 radical (unpaired) electrons. The van der Waals surface area contributed by atoms with Gasteiger partial charge in [-0.2, -0.15) is 11.8 Å². The van der Waals surface area contributed by atoms with Gasteiger partial charge in [-0.3, -0.25) is 9.69 Å². The van der Waals surface area contributed by atoms with Crippen LogP contribution in [0.25, 0.3) is 0 Å². The van der Waals surface area contributed by atoms with Crippen LogP contribution in [0, 0.1) is 0 Å². The van der Waals surface area contributed by atoms with Gasteiger partial charge in [-0.25, -0.2) is 0 Å². The normalized spacial score (nSPS) is 27.8. The Hall–Kier alpha value is -0.260. The second-order valence-corrected chi connectivity index (χ2v) is 6.03. The largest absolute Gasteiger partial charge is 0.340 e. The van der Waals surface area contributed by atoms with Gasteiger partial charge in [0.2, 0.25) is 5.91 Å². The first-order valence-electron chi connectivity index (χ1n) is 6.57. The summed E-state index contributed by atoms with van der Waals surface area (Å²) < 4.78 is 0. The van der Waals surface area contributed by atoms with Crippen molar-refractivity contribution in [3.8, 4) is 0 Å². The van der Waals surface area contributed by atoms with Crippen LogP contribution in [-0.2, 0) is 4.79 Å². The Morgan fingerprint density at radius 1 is 1.35 bits per heavy atom. The molecule has 0 aromatic heterocycles. The summed E-state index contributed by atoms with van der Waals surface area (Å²) in [4.78, 5) is 16.6. The number of thioether (sulfide) groups is 1. The molecule has 0 bridgehead atoms. The van der Waals surface area contributed by atoms with Gasteiger partial charge in [0.15, 0.2) is 0 Å². The summed E-state index contributed by atoms with van der Waals surface area (Å²) in [6, 6.07) is 0.544. The summed E-state index contributed by atoms with van der Waals surface area (Å²) in [6.07, 6.45) is 1.08. The molecule has 1 unspecified atom stereocenters. The number of nitrogens with zero attached hydrogens (tertiary/aromatic N) is 2. The minimum atomic E-state index is 0.312. The van der Waals surface area contributed by atoms with E-state index in [2.05, 4.69) is 17.1 Å². The molecular formula is C12H23N3OS. The van der Waals surface area contributed by atoms with Crippen LogP contribution in [-0.4, -0.2) is 72.5 Å². The molecule has 98 valence electrons. The van der Waals surface area contributed by atoms with E-state index in [1.54, 1.807) is 0 Å². The van der Waals surface area contributed by atoms with Gasteiger partial charge < -0.3 is 10.2 Å². The molecule has 2 aliphatic heterocycles. The number of hydrogen-bond acceptors (Lipinski definition) is 4. The van der Waals surface area contributed by atoms with Crippen LogP contribution < -0.4 is 5.32 Å². The number of carbonyl (C=O) groups excluding carboxylic acids is 1. The lowest BCUT2D eigenvalue weighted by Gasteiger charge is -2.34.